The van der Waals surface area contributed by atoms with E-state index in [2.05, 4.69) is 26.2 Å². The average molecular weight is 359 g/mol. The summed E-state index contributed by atoms with van der Waals surface area (Å²) in [7, 11) is -3.35. The molecule has 0 saturated heterocycles. The van der Waals surface area contributed by atoms with Crippen molar-refractivity contribution < 1.29 is 17.6 Å². The van der Waals surface area contributed by atoms with Crippen molar-refractivity contribution in [2.24, 2.45) is 0 Å². The van der Waals surface area contributed by atoms with E-state index in [0.29, 0.717) is 15.9 Å². The minimum absolute atomic E-state index is 0.0487. The summed E-state index contributed by atoms with van der Waals surface area (Å²) >= 11 is 3.14. The highest BCUT2D eigenvalue weighted by Crippen LogP contribution is 2.20. The van der Waals surface area contributed by atoms with Crippen molar-refractivity contribution in [1.82, 2.24) is 4.98 Å². The fourth-order valence-electron chi connectivity index (χ4n) is 1.53. The van der Waals surface area contributed by atoms with Crippen molar-refractivity contribution in [2.75, 3.05) is 11.6 Å². The van der Waals surface area contributed by atoms with Crippen LogP contribution in [0.2, 0.25) is 0 Å². The first-order chi connectivity index (χ1) is 9.27. The maximum Gasteiger partial charge on any atom is 0.291 e. The Hall–Kier alpha value is -1.67. The van der Waals surface area contributed by atoms with Crippen LogP contribution in [-0.4, -0.2) is 25.6 Å². The van der Waals surface area contributed by atoms with Crippen molar-refractivity contribution in [1.29, 1.82) is 0 Å². The minimum Gasteiger partial charge on any atom is -0.444 e. The molecule has 0 spiro atoms. The maximum absolute atomic E-state index is 12.0. The van der Waals surface area contributed by atoms with E-state index in [4.69, 9.17) is 4.42 Å². The zero-order chi connectivity index (χ0) is 14.9. The number of rotatable bonds is 3. The van der Waals surface area contributed by atoms with E-state index in [1.165, 1.54) is 18.3 Å². The molecule has 0 aromatic carbocycles. The van der Waals surface area contributed by atoms with Gasteiger partial charge in [-0.3, -0.25) is 4.79 Å². The molecule has 2 heterocycles. The van der Waals surface area contributed by atoms with Crippen LogP contribution in [0.3, 0.4) is 0 Å². The maximum atomic E-state index is 12.0. The molecule has 8 heteroatoms. The molecule has 2 aromatic rings. The van der Waals surface area contributed by atoms with Crippen molar-refractivity contribution in [3.63, 3.8) is 0 Å². The number of aryl methyl sites for hydroxylation is 1. The Bertz CT molecular complexity index is 750. The summed E-state index contributed by atoms with van der Waals surface area (Å²) in [6.07, 6.45) is 2.35. The molecule has 0 radical (unpaired) electrons. The van der Waals surface area contributed by atoms with Gasteiger partial charge in [0.1, 0.15) is 0 Å². The SMILES string of the molecule is Cc1cc(Br)oc1C(=O)Nc1ccc(S(C)(=O)=O)nc1. The Morgan fingerprint density at radius 2 is 2.10 bits per heavy atom. The van der Waals surface area contributed by atoms with Crippen LogP contribution in [0.15, 0.2) is 38.5 Å². The Morgan fingerprint density at radius 1 is 1.40 bits per heavy atom. The van der Waals surface area contributed by atoms with Crippen LogP contribution in [0.5, 0.6) is 0 Å². The van der Waals surface area contributed by atoms with Gasteiger partial charge in [0.25, 0.3) is 5.91 Å². The lowest BCUT2D eigenvalue weighted by Gasteiger charge is -2.04. The van der Waals surface area contributed by atoms with E-state index in [1.807, 2.05) is 0 Å². The molecule has 2 aromatic heterocycles. The molecule has 0 atom stereocenters. The van der Waals surface area contributed by atoms with Crippen LogP contribution in [-0.2, 0) is 9.84 Å². The van der Waals surface area contributed by atoms with Gasteiger partial charge in [-0.2, -0.15) is 0 Å². The third kappa shape index (κ3) is 3.26. The molecule has 20 heavy (non-hydrogen) atoms. The monoisotopic (exact) mass is 358 g/mol. The number of carbonyl (C=O) groups is 1. The molecule has 0 aliphatic rings. The van der Waals surface area contributed by atoms with E-state index < -0.39 is 15.7 Å². The Morgan fingerprint density at radius 3 is 2.55 bits per heavy atom. The minimum atomic E-state index is -3.35. The van der Waals surface area contributed by atoms with Crippen LogP contribution in [0.1, 0.15) is 16.1 Å². The molecule has 1 N–H and O–H groups in total. The number of nitrogens with one attached hydrogen (secondary N) is 1. The fourth-order valence-corrected chi connectivity index (χ4v) is 2.59. The normalized spacial score (nSPS) is 11.3. The first kappa shape index (κ1) is 14.7. The lowest BCUT2D eigenvalue weighted by Crippen LogP contribution is -2.12. The number of carbonyl (C=O) groups excluding carboxylic acids is 1. The predicted octanol–water partition coefficient (Wildman–Crippen LogP) is 2.40. The first-order valence-corrected chi connectivity index (χ1v) is 8.19. The highest BCUT2D eigenvalue weighted by atomic mass is 79.9. The molecule has 2 rings (SSSR count). The number of amides is 1. The van der Waals surface area contributed by atoms with Gasteiger partial charge in [-0.1, -0.05) is 0 Å². The summed E-state index contributed by atoms with van der Waals surface area (Å²) in [4.78, 5) is 15.7. The average Bonchev–Trinajstić information content (AvgIpc) is 2.68. The predicted molar refractivity (Wildman–Crippen MR) is 76.4 cm³/mol. The van der Waals surface area contributed by atoms with Crippen LogP contribution >= 0.6 is 15.9 Å². The Labute approximate surface area is 124 Å². The van der Waals surface area contributed by atoms with E-state index in [1.54, 1.807) is 13.0 Å². The topological polar surface area (TPSA) is 89.3 Å². The standard InChI is InChI=1S/C12H11BrN2O4S/c1-7-5-9(13)19-11(7)12(16)15-8-3-4-10(14-6-8)20(2,17)18/h3-6H,1-2H3,(H,15,16). The number of anilines is 1. The lowest BCUT2D eigenvalue weighted by molar-refractivity contribution is 0.0994. The van der Waals surface area contributed by atoms with Gasteiger partial charge in [-0.15, -0.1) is 0 Å². The number of halogens is 1. The van der Waals surface area contributed by atoms with Gasteiger partial charge in [0.2, 0.25) is 0 Å². The third-order valence-corrected chi connectivity index (χ3v) is 3.86. The van der Waals surface area contributed by atoms with Crippen LogP contribution in [0.25, 0.3) is 0 Å². The van der Waals surface area contributed by atoms with Gasteiger partial charge in [-0.25, -0.2) is 13.4 Å². The summed E-state index contributed by atoms with van der Waals surface area (Å²) in [5.74, 6) is -0.244. The van der Waals surface area contributed by atoms with Crippen molar-refractivity contribution in [2.45, 2.75) is 11.9 Å². The number of sulfone groups is 1. The van der Waals surface area contributed by atoms with E-state index in [9.17, 15) is 13.2 Å². The molecule has 0 fully saturated rings. The number of furan rings is 1. The van der Waals surface area contributed by atoms with Crippen molar-refractivity contribution in [3.8, 4) is 0 Å². The summed E-state index contributed by atoms with van der Waals surface area (Å²) < 4.78 is 28.2. The van der Waals surface area contributed by atoms with E-state index >= 15 is 0 Å². The molecule has 0 saturated carbocycles. The highest BCUT2D eigenvalue weighted by molar-refractivity contribution is 9.10. The molecule has 0 aliphatic carbocycles. The quantitative estimate of drug-likeness (QED) is 0.909. The molecule has 1 amide bonds. The van der Waals surface area contributed by atoms with E-state index in [-0.39, 0.29) is 10.8 Å². The summed E-state index contributed by atoms with van der Waals surface area (Å²) in [5.41, 5.74) is 1.07. The highest BCUT2D eigenvalue weighted by Gasteiger charge is 2.15. The summed E-state index contributed by atoms with van der Waals surface area (Å²) in [5, 5.41) is 2.53. The molecule has 106 valence electrons. The summed E-state index contributed by atoms with van der Waals surface area (Å²) in [6.45, 7) is 1.74. The number of nitrogens with zero attached hydrogens (tertiary/aromatic N) is 1. The second kappa shape index (κ2) is 5.37. The largest absolute Gasteiger partial charge is 0.444 e. The molecule has 6 nitrogen and oxygen atoms in total. The van der Waals surface area contributed by atoms with E-state index in [0.717, 1.165) is 6.26 Å². The van der Waals surface area contributed by atoms with Crippen LogP contribution in [0.4, 0.5) is 5.69 Å². The first-order valence-electron chi connectivity index (χ1n) is 5.51. The lowest BCUT2D eigenvalue weighted by atomic mass is 10.2. The Balaban J connectivity index is 2.18. The molecular weight excluding hydrogens is 348 g/mol. The van der Waals surface area contributed by atoms with Crippen LogP contribution in [0, 0.1) is 6.92 Å². The van der Waals surface area contributed by atoms with Gasteiger partial charge in [0.15, 0.2) is 25.3 Å². The third-order valence-electron chi connectivity index (χ3n) is 2.47. The zero-order valence-corrected chi connectivity index (χ0v) is 13.1. The van der Waals surface area contributed by atoms with Gasteiger partial charge >= 0.3 is 0 Å². The van der Waals surface area contributed by atoms with Gasteiger partial charge < -0.3 is 9.73 Å². The number of pyridine rings is 1. The van der Waals surface area contributed by atoms with Crippen molar-refractivity contribution >= 4 is 37.4 Å². The Kier molecular flexibility index (Phi) is 3.96. The molecule has 0 unspecified atom stereocenters. The van der Waals surface area contributed by atoms with Crippen molar-refractivity contribution in [3.05, 3.63) is 40.4 Å². The summed E-state index contributed by atoms with van der Waals surface area (Å²) in [6, 6.07) is 4.48. The second-order valence-corrected chi connectivity index (χ2v) is 6.92. The second-order valence-electron chi connectivity index (χ2n) is 4.17. The van der Waals surface area contributed by atoms with Gasteiger partial charge in [-0.05, 0) is 41.1 Å². The van der Waals surface area contributed by atoms with Gasteiger partial charge in [0.05, 0.1) is 11.9 Å². The molecule has 0 bridgehead atoms. The molecule has 0 aliphatic heterocycles. The zero-order valence-electron chi connectivity index (χ0n) is 10.7. The molecular formula is C12H11BrN2O4S. The smallest absolute Gasteiger partial charge is 0.291 e. The number of hydrogen-bond donors (Lipinski definition) is 1. The number of hydrogen-bond acceptors (Lipinski definition) is 5. The van der Waals surface area contributed by atoms with Gasteiger partial charge in [0, 0.05) is 11.8 Å². The fraction of sp³-hybridized carbons (Fsp3) is 0.167. The van der Waals surface area contributed by atoms with Crippen LogP contribution < -0.4 is 5.32 Å². The number of aromatic nitrogens is 1.